The van der Waals surface area contributed by atoms with E-state index in [4.69, 9.17) is 0 Å². The Labute approximate surface area is 133 Å². The molecule has 23 heavy (non-hydrogen) atoms. The van der Waals surface area contributed by atoms with Gasteiger partial charge in [0.25, 0.3) is 5.91 Å². The topological polar surface area (TPSA) is 58.2 Å². The van der Waals surface area contributed by atoms with Gasteiger partial charge in [0, 0.05) is 0 Å². The Bertz CT molecular complexity index is 758. The van der Waals surface area contributed by atoms with E-state index in [2.05, 4.69) is 16.9 Å². The lowest BCUT2D eigenvalue weighted by atomic mass is 10.0. The average Bonchev–Trinajstić information content (AvgIpc) is 3.01. The first-order valence-corrected chi connectivity index (χ1v) is 7.58. The van der Waals surface area contributed by atoms with E-state index in [1.165, 1.54) is 29.3 Å². The van der Waals surface area contributed by atoms with E-state index in [0.717, 1.165) is 24.8 Å². The standard InChI is InChI=1S/C18H17FN2O2/c19-16-7-2-1-6-15(16)18(23)21-20-17(22)11-12-8-9-13-4-3-5-14(13)10-12/h1-2,6-10H,3-5,11H2,(H,20,22)(H,21,23). The van der Waals surface area contributed by atoms with E-state index >= 15 is 0 Å². The number of halogens is 1. The number of benzene rings is 2. The lowest BCUT2D eigenvalue weighted by Crippen LogP contribution is -2.42. The molecule has 1 aliphatic rings. The van der Waals surface area contributed by atoms with Crippen molar-refractivity contribution >= 4 is 11.8 Å². The minimum Gasteiger partial charge on any atom is -0.273 e. The number of rotatable bonds is 3. The summed E-state index contributed by atoms with van der Waals surface area (Å²) in [5, 5.41) is 0. The molecule has 0 saturated carbocycles. The molecule has 2 amide bonds. The number of aryl methyl sites for hydroxylation is 2. The highest BCUT2D eigenvalue weighted by atomic mass is 19.1. The van der Waals surface area contributed by atoms with Gasteiger partial charge in [-0.1, -0.05) is 30.3 Å². The molecule has 118 valence electrons. The van der Waals surface area contributed by atoms with Crippen molar-refractivity contribution in [3.63, 3.8) is 0 Å². The first kappa shape index (κ1) is 15.2. The van der Waals surface area contributed by atoms with Gasteiger partial charge in [-0.25, -0.2) is 4.39 Å². The molecule has 5 heteroatoms. The van der Waals surface area contributed by atoms with Gasteiger partial charge in [-0.3, -0.25) is 20.4 Å². The summed E-state index contributed by atoms with van der Waals surface area (Å²) in [5.74, 6) is -1.64. The summed E-state index contributed by atoms with van der Waals surface area (Å²) >= 11 is 0. The van der Waals surface area contributed by atoms with E-state index in [1.54, 1.807) is 6.07 Å². The van der Waals surface area contributed by atoms with Crippen LogP contribution in [0.5, 0.6) is 0 Å². The molecule has 0 spiro atoms. The van der Waals surface area contributed by atoms with Gasteiger partial charge in [-0.15, -0.1) is 0 Å². The third-order valence-electron chi connectivity index (χ3n) is 3.96. The fraction of sp³-hybridized carbons (Fsp3) is 0.222. The van der Waals surface area contributed by atoms with E-state index < -0.39 is 11.7 Å². The molecule has 0 saturated heterocycles. The van der Waals surface area contributed by atoms with Crippen molar-refractivity contribution < 1.29 is 14.0 Å². The molecule has 3 rings (SSSR count). The van der Waals surface area contributed by atoms with Crippen LogP contribution in [0.15, 0.2) is 42.5 Å². The molecule has 1 aliphatic carbocycles. The van der Waals surface area contributed by atoms with Gasteiger partial charge >= 0.3 is 0 Å². The fourth-order valence-corrected chi connectivity index (χ4v) is 2.80. The van der Waals surface area contributed by atoms with Crippen LogP contribution in [0.4, 0.5) is 4.39 Å². The van der Waals surface area contributed by atoms with E-state index in [0.29, 0.717) is 0 Å². The summed E-state index contributed by atoms with van der Waals surface area (Å²) < 4.78 is 13.5. The van der Waals surface area contributed by atoms with Crippen LogP contribution < -0.4 is 10.9 Å². The molecular weight excluding hydrogens is 295 g/mol. The highest BCUT2D eigenvalue weighted by molar-refractivity contribution is 5.95. The van der Waals surface area contributed by atoms with Crippen LogP contribution in [-0.2, 0) is 24.1 Å². The van der Waals surface area contributed by atoms with Crippen molar-refractivity contribution in [2.75, 3.05) is 0 Å². The summed E-state index contributed by atoms with van der Waals surface area (Å²) in [7, 11) is 0. The summed E-state index contributed by atoms with van der Waals surface area (Å²) in [4.78, 5) is 23.7. The van der Waals surface area contributed by atoms with Gasteiger partial charge in [0.2, 0.25) is 5.91 Å². The van der Waals surface area contributed by atoms with Crippen LogP contribution in [0.3, 0.4) is 0 Å². The molecule has 2 N–H and O–H groups in total. The number of fused-ring (bicyclic) bond motifs is 1. The van der Waals surface area contributed by atoms with Crippen molar-refractivity contribution in [3.05, 3.63) is 70.5 Å². The SMILES string of the molecule is O=C(Cc1ccc2c(c1)CCC2)NNC(=O)c1ccccc1F. The maximum absolute atomic E-state index is 13.5. The Morgan fingerprint density at radius 1 is 1.00 bits per heavy atom. The Hall–Kier alpha value is -2.69. The number of carbonyl (C=O) groups is 2. The van der Waals surface area contributed by atoms with Crippen LogP contribution in [0, 0.1) is 5.82 Å². The average molecular weight is 312 g/mol. The van der Waals surface area contributed by atoms with Gasteiger partial charge in [-0.2, -0.15) is 0 Å². The first-order chi connectivity index (χ1) is 11.1. The zero-order chi connectivity index (χ0) is 16.2. The number of hydrogen-bond acceptors (Lipinski definition) is 2. The monoisotopic (exact) mass is 312 g/mol. The Kier molecular flexibility index (Phi) is 4.37. The third kappa shape index (κ3) is 3.56. The van der Waals surface area contributed by atoms with Gasteiger partial charge < -0.3 is 0 Å². The highest BCUT2D eigenvalue weighted by Gasteiger charge is 2.14. The second-order valence-electron chi connectivity index (χ2n) is 5.62. The lowest BCUT2D eigenvalue weighted by Gasteiger charge is -2.09. The number of hydrogen-bond donors (Lipinski definition) is 2. The van der Waals surface area contributed by atoms with Gasteiger partial charge in [0.05, 0.1) is 12.0 Å². The van der Waals surface area contributed by atoms with Crippen molar-refractivity contribution in [2.24, 2.45) is 0 Å². The largest absolute Gasteiger partial charge is 0.273 e. The second-order valence-corrected chi connectivity index (χ2v) is 5.62. The maximum atomic E-state index is 13.5. The zero-order valence-corrected chi connectivity index (χ0v) is 12.6. The predicted octanol–water partition coefficient (Wildman–Crippen LogP) is 2.32. The van der Waals surface area contributed by atoms with Crippen molar-refractivity contribution in [2.45, 2.75) is 25.7 Å². The van der Waals surface area contributed by atoms with Crippen molar-refractivity contribution in [1.82, 2.24) is 10.9 Å². The smallest absolute Gasteiger partial charge is 0.272 e. The summed E-state index contributed by atoms with van der Waals surface area (Å²) in [6.07, 6.45) is 3.48. The Morgan fingerprint density at radius 3 is 2.61 bits per heavy atom. The van der Waals surface area contributed by atoms with Crippen LogP contribution in [0.2, 0.25) is 0 Å². The summed E-state index contributed by atoms with van der Waals surface area (Å²) in [6, 6.07) is 11.6. The Balaban J connectivity index is 1.56. The summed E-state index contributed by atoms with van der Waals surface area (Å²) in [6.45, 7) is 0. The van der Waals surface area contributed by atoms with Gasteiger partial charge in [0.15, 0.2) is 0 Å². The molecule has 0 heterocycles. The van der Waals surface area contributed by atoms with Gasteiger partial charge in [0.1, 0.15) is 5.82 Å². The number of nitrogens with one attached hydrogen (secondary N) is 2. The molecule has 0 radical (unpaired) electrons. The van der Waals surface area contributed by atoms with E-state index in [-0.39, 0.29) is 17.9 Å². The predicted molar refractivity (Wildman–Crippen MR) is 84.2 cm³/mol. The van der Waals surface area contributed by atoms with Crippen molar-refractivity contribution in [3.8, 4) is 0 Å². The molecule has 2 aromatic carbocycles. The molecule has 0 unspecified atom stereocenters. The molecule has 0 aliphatic heterocycles. The third-order valence-corrected chi connectivity index (χ3v) is 3.96. The van der Waals surface area contributed by atoms with E-state index in [1.807, 2.05) is 12.1 Å². The zero-order valence-electron chi connectivity index (χ0n) is 12.6. The molecule has 0 bridgehead atoms. The minimum absolute atomic E-state index is 0.106. The number of hydrazine groups is 1. The molecule has 0 atom stereocenters. The van der Waals surface area contributed by atoms with Crippen LogP contribution in [-0.4, -0.2) is 11.8 Å². The Morgan fingerprint density at radius 2 is 1.78 bits per heavy atom. The van der Waals surface area contributed by atoms with Crippen LogP contribution in [0.1, 0.15) is 33.5 Å². The molecule has 4 nitrogen and oxygen atoms in total. The number of amides is 2. The highest BCUT2D eigenvalue weighted by Crippen LogP contribution is 2.22. The minimum atomic E-state index is -0.676. The number of carbonyl (C=O) groups excluding carboxylic acids is 2. The quantitative estimate of drug-likeness (QED) is 0.855. The molecule has 2 aromatic rings. The van der Waals surface area contributed by atoms with Crippen LogP contribution in [0.25, 0.3) is 0 Å². The van der Waals surface area contributed by atoms with Gasteiger partial charge in [-0.05, 0) is 48.1 Å². The summed E-state index contributed by atoms with van der Waals surface area (Å²) in [5.41, 5.74) is 8.00. The fourth-order valence-electron chi connectivity index (χ4n) is 2.80. The second kappa shape index (κ2) is 6.60. The normalized spacial score (nSPS) is 12.6. The van der Waals surface area contributed by atoms with Crippen molar-refractivity contribution in [1.29, 1.82) is 0 Å². The molecular formula is C18H17FN2O2. The van der Waals surface area contributed by atoms with E-state index in [9.17, 15) is 14.0 Å². The van der Waals surface area contributed by atoms with Crippen LogP contribution >= 0.6 is 0 Å². The lowest BCUT2D eigenvalue weighted by molar-refractivity contribution is -0.121. The maximum Gasteiger partial charge on any atom is 0.272 e. The molecule has 0 fully saturated rings. The molecule has 0 aromatic heterocycles. The first-order valence-electron chi connectivity index (χ1n) is 7.58.